The van der Waals surface area contributed by atoms with Crippen molar-refractivity contribution in [3.63, 3.8) is 0 Å². The topological polar surface area (TPSA) is 46.9 Å². The predicted molar refractivity (Wildman–Crippen MR) is 80.2 cm³/mol. The summed E-state index contributed by atoms with van der Waals surface area (Å²) in [7, 11) is 0. The molecule has 0 radical (unpaired) electrons. The summed E-state index contributed by atoms with van der Waals surface area (Å²) in [5.41, 5.74) is 5.05. The van der Waals surface area contributed by atoms with Gasteiger partial charge < -0.3 is 5.43 Å². The average Bonchev–Trinajstić information content (AvgIpc) is 2.46. The lowest BCUT2D eigenvalue weighted by atomic mass is 10.1. The van der Waals surface area contributed by atoms with Crippen LogP contribution < -0.4 is 11.0 Å². The maximum Gasteiger partial charge on any atom is 0.287 e. The van der Waals surface area contributed by atoms with Crippen molar-refractivity contribution >= 4 is 27.7 Å². The van der Waals surface area contributed by atoms with Crippen LogP contribution in [-0.2, 0) is 0 Å². The van der Waals surface area contributed by atoms with Crippen LogP contribution in [0.3, 0.4) is 0 Å². The molecule has 19 heavy (non-hydrogen) atoms. The van der Waals surface area contributed by atoms with Crippen molar-refractivity contribution in [2.24, 2.45) is 0 Å². The minimum atomic E-state index is -0.0874. The zero-order chi connectivity index (χ0) is 13.4. The van der Waals surface area contributed by atoms with Crippen molar-refractivity contribution in [2.45, 2.75) is 18.1 Å². The normalized spacial score (nSPS) is 17.7. The standard InChI is InChI=1S/C13H12BrN3OS/c1-8-11(14)12(18)17-13(15-8)19-7-10(16-17)9-5-3-2-4-6-9/h2-6,10,16H,7H2,1H3. The lowest BCUT2D eigenvalue weighted by Gasteiger charge is -2.27. The molecule has 0 aliphatic carbocycles. The molecule has 4 nitrogen and oxygen atoms in total. The van der Waals surface area contributed by atoms with Crippen LogP contribution in [0.5, 0.6) is 0 Å². The number of hydrogen-bond acceptors (Lipinski definition) is 4. The van der Waals surface area contributed by atoms with Crippen molar-refractivity contribution in [1.29, 1.82) is 0 Å². The van der Waals surface area contributed by atoms with Crippen LogP contribution in [-0.4, -0.2) is 15.4 Å². The minimum Gasteiger partial charge on any atom is -0.312 e. The molecule has 0 bridgehead atoms. The highest BCUT2D eigenvalue weighted by Gasteiger charge is 2.23. The lowest BCUT2D eigenvalue weighted by molar-refractivity contribution is 0.607. The summed E-state index contributed by atoms with van der Waals surface area (Å²) in [5, 5.41) is 0.720. The molecule has 2 aromatic rings. The second kappa shape index (κ2) is 5.02. The van der Waals surface area contributed by atoms with Gasteiger partial charge in [0.05, 0.1) is 11.7 Å². The van der Waals surface area contributed by atoms with Gasteiger partial charge in [0, 0.05) is 5.75 Å². The molecule has 3 rings (SSSR count). The van der Waals surface area contributed by atoms with Crippen LogP contribution in [0.1, 0.15) is 17.3 Å². The summed E-state index contributed by atoms with van der Waals surface area (Å²) in [6.45, 7) is 1.83. The first-order valence-corrected chi connectivity index (χ1v) is 7.68. The van der Waals surface area contributed by atoms with Gasteiger partial charge in [0.1, 0.15) is 4.47 Å². The highest BCUT2D eigenvalue weighted by Crippen LogP contribution is 2.28. The number of aromatic nitrogens is 2. The molecule has 1 aromatic heterocycles. The average molecular weight is 338 g/mol. The third-order valence-electron chi connectivity index (χ3n) is 3.03. The lowest BCUT2D eigenvalue weighted by Crippen LogP contribution is -2.38. The largest absolute Gasteiger partial charge is 0.312 e. The monoisotopic (exact) mass is 337 g/mol. The van der Waals surface area contributed by atoms with Crippen LogP contribution in [0.4, 0.5) is 0 Å². The third kappa shape index (κ3) is 2.30. The molecule has 6 heteroatoms. The molecule has 0 saturated heterocycles. The van der Waals surface area contributed by atoms with Gasteiger partial charge in [0.2, 0.25) is 0 Å². The van der Waals surface area contributed by atoms with Gasteiger partial charge in [-0.2, -0.15) is 4.68 Å². The number of thioether (sulfide) groups is 1. The van der Waals surface area contributed by atoms with E-state index in [2.05, 4.69) is 38.5 Å². The Hall–Kier alpha value is -1.27. The van der Waals surface area contributed by atoms with E-state index in [9.17, 15) is 4.79 Å². The number of halogens is 1. The summed E-state index contributed by atoms with van der Waals surface area (Å²) < 4.78 is 2.04. The quantitative estimate of drug-likeness (QED) is 0.813. The van der Waals surface area contributed by atoms with Crippen LogP contribution in [0, 0.1) is 6.92 Å². The fraction of sp³-hybridized carbons (Fsp3) is 0.231. The summed E-state index contributed by atoms with van der Waals surface area (Å²) in [5.74, 6) is 0.859. The van der Waals surface area contributed by atoms with Crippen molar-refractivity contribution in [2.75, 3.05) is 11.2 Å². The summed E-state index contributed by atoms with van der Waals surface area (Å²) in [6, 6.07) is 10.2. The van der Waals surface area contributed by atoms with Gasteiger partial charge in [-0.15, -0.1) is 0 Å². The number of aryl methyl sites for hydroxylation is 1. The van der Waals surface area contributed by atoms with E-state index in [1.54, 1.807) is 11.8 Å². The van der Waals surface area contributed by atoms with E-state index >= 15 is 0 Å². The second-order valence-corrected chi connectivity index (χ2v) is 6.12. The zero-order valence-electron chi connectivity index (χ0n) is 10.3. The van der Waals surface area contributed by atoms with Crippen LogP contribution >= 0.6 is 27.7 Å². The van der Waals surface area contributed by atoms with Gasteiger partial charge in [-0.25, -0.2) is 4.98 Å². The number of hydrogen-bond donors (Lipinski definition) is 1. The number of rotatable bonds is 1. The molecule has 0 fully saturated rings. The molecule has 1 atom stereocenters. The Kier molecular flexibility index (Phi) is 3.36. The van der Waals surface area contributed by atoms with E-state index in [0.717, 1.165) is 16.6 Å². The van der Waals surface area contributed by atoms with Crippen molar-refractivity contribution in [3.8, 4) is 0 Å². The Morgan fingerprint density at radius 2 is 2.16 bits per heavy atom. The molecule has 0 amide bonds. The molecule has 1 aliphatic heterocycles. The van der Waals surface area contributed by atoms with Crippen molar-refractivity contribution in [3.05, 3.63) is 56.4 Å². The van der Waals surface area contributed by atoms with E-state index < -0.39 is 0 Å². The highest BCUT2D eigenvalue weighted by molar-refractivity contribution is 9.10. The van der Waals surface area contributed by atoms with Gasteiger partial charge >= 0.3 is 0 Å². The molecule has 1 unspecified atom stereocenters. The SMILES string of the molecule is Cc1nc2n(c(=O)c1Br)NC(c1ccccc1)CS2. The second-order valence-electron chi connectivity index (χ2n) is 4.34. The van der Waals surface area contributed by atoms with Crippen LogP contribution in [0.15, 0.2) is 44.8 Å². The number of benzene rings is 1. The molecular weight excluding hydrogens is 326 g/mol. The summed E-state index contributed by atoms with van der Waals surface area (Å²) in [6.07, 6.45) is 0. The molecule has 0 spiro atoms. The number of fused-ring (bicyclic) bond motifs is 1. The third-order valence-corrected chi connectivity index (χ3v) is 4.97. The van der Waals surface area contributed by atoms with Gasteiger partial charge in [0.25, 0.3) is 5.56 Å². The highest BCUT2D eigenvalue weighted by atomic mass is 79.9. The fourth-order valence-corrected chi connectivity index (χ4v) is 3.31. The van der Waals surface area contributed by atoms with Gasteiger partial charge in [-0.1, -0.05) is 42.1 Å². The predicted octanol–water partition coefficient (Wildman–Crippen LogP) is 2.70. The van der Waals surface area contributed by atoms with Gasteiger partial charge in [-0.05, 0) is 28.4 Å². The molecule has 98 valence electrons. The Morgan fingerprint density at radius 3 is 2.89 bits per heavy atom. The Bertz CT molecular complexity index is 672. The van der Waals surface area contributed by atoms with Gasteiger partial charge in [0.15, 0.2) is 5.16 Å². The van der Waals surface area contributed by atoms with Crippen molar-refractivity contribution < 1.29 is 0 Å². The van der Waals surface area contributed by atoms with Crippen molar-refractivity contribution in [1.82, 2.24) is 9.66 Å². The molecule has 1 aromatic carbocycles. The van der Waals surface area contributed by atoms with Gasteiger partial charge in [-0.3, -0.25) is 4.79 Å². The minimum absolute atomic E-state index is 0.0874. The van der Waals surface area contributed by atoms with E-state index in [1.165, 1.54) is 10.2 Å². The Morgan fingerprint density at radius 1 is 1.42 bits per heavy atom. The Labute approximate surface area is 123 Å². The number of nitrogens with zero attached hydrogens (tertiary/aromatic N) is 2. The maximum atomic E-state index is 12.2. The first kappa shape index (κ1) is 12.7. The zero-order valence-corrected chi connectivity index (χ0v) is 12.7. The van der Waals surface area contributed by atoms with E-state index in [-0.39, 0.29) is 11.6 Å². The van der Waals surface area contributed by atoms with Crippen LogP contribution in [0.25, 0.3) is 0 Å². The maximum absolute atomic E-state index is 12.2. The Balaban J connectivity index is 2.01. The van der Waals surface area contributed by atoms with E-state index in [0.29, 0.717) is 4.47 Å². The molecule has 0 saturated carbocycles. The smallest absolute Gasteiger partial charge is 0.287 e. The molecule has 2 heterocycles. The first-order valence-electron chi connectivity index (χ1n) is 5.90. The molecular formula is C13H12BrN3OS. The van der Waals surface area contributed by atoms with Crippen LogP contribution in [0.2, 0.25) is 0 Å². The first-order chi connectivity index (χ1) is 9.16. The fourth-order valence-electron chi connectivity index (χ4n) is 2.00. The summed E-state index contributed by atoms with van der Waals surface area (Å²) >= 11 is 4.89. The van der Waals surface area contributed by atoms with E-state index in [4.69, 9.17) is 0 Å². The molecule has 1 aliphatic rings. The van der Waals surface area contributed by atoms with E-state index in [1.807, 2.05) is 25.1 Å². The number of nitrogens with one attached hydrogen (secondary N) is 1. The molecule has 1 N–H and O–H groups in total. The summed E-state index contributed by atoms with van der Waals surface area (Å²) in [4.78, 5) is 16.6.